The summed E-state index contributed by atoms with van der Waals surface area (Å²) in [6.45, 7) is 0. The Kier molecular flexibility index (Phi) is 6.65. The molecule has 1 aromatic rings. The van der Waals surface area contributed by atoms with Crippen LogP contribution in [0.2, 0.25) is 0 Å². The predicted molar refractivity (Wildman–Crippen MR) is 47.1 cm³/mol. The number of rotatable bonds is 2. The molecule has 0 unspecified atom stereocenters. The van der Waals surface area contributed by atoms with Gasteiger partial charge in [0.25, 0.3) is 0 Å². The summed E-state index contributed by atoms with van der Waals surface area (Å²) < 4.78 is 0. The molecule has 1 atom stereocenters. The maximum absolute atomic E-state index is 9.76. The zero-order chi connectivity index (χ0) is 10.1. The molecule has 0 radical (unpaired) electrons. The quantitative estimate of drug-likeness (QED) is 0.506. The van der Waals surface area contributed by atoms with Crippen molar-refractivity contribution >= 4 is 18.6 Å². The summed E-state index contributed by atoms with van der Waals surface area (Å²) in [7, 11) is 0. The number of aliphatic carboxylic acids is 1. The van der Waals surface area contributed by atoms with Gasteiger partial charge in [0.15, 0.2) is 0 Å². The van der Waals surface area contributed by atoms with Crippen LogP contribution in [0.1, 0.15) is 0 Å². The molecule has 1 rings (SSSR count). The summed E-state index contributed by atoms with van der Waals surface area (Å²) in [4.78, 5) is 9.76. The first-order chi connectivity index (χ1) is 6.18. The number of carbonyl (C=O) groups is 1. The van der Waals surface area contributed by atoms with E-state index in [1.54, 1.807) is 0 Å². The van der Waals surface area contributed by atoms with Crippen LogP contribution < -0.4 is 5.73 Å². The molecular weight excluding hydrogens is 194 g/mol. The average molecular weight is 203 g/mol. The SMILES string of the molecule is N[C@@H](CS)C(=O)O.c1cnnnn1. The number of carboxylic acids is 1. The minimum Gasteiger partial charge on any atom is -0.480 e. The van der Waals surface area contributed by atoms with Crippen molar-refractivity contribution in [1.29, 1.82) is 0 Å². The van der Waals surface area contributed by atoms with Gasteiger partial charge in [0.05, 0.1) is 12.4 Å². The lowest BCUT2D eigenvalue weighted by molar-refractivity contribution is -0.137. The molecular formula is C5H9N5O2S. The van der Waals surface area contributed by atoms with E-state index in [1.165, 1.54) is 12.4 Å². The molecule has 8 heteroatoms. The highest BCUT2D eigenvalue weighted by atomic mass is 32.1. The Labute approximate surface area is 79.8 Å². The zero-order valence-electron chi connectivity index (χ0n) is 6.61. The molecule has 1 aromatic heterocycles. The van der Waals surface area contributed by atoms with E-state index in [4.69, 9.17) is 10.8 Å². The van der Waals surface area contributed by atoms with Crippen LogP contribution in [0.3, 0.4) is 0 Å². The number of hydrogen-bond donors (Lipinski definition) is 3. The van der Waals surface area contributed by atoms with E-state index < -0.39 is 12.0 Å². The number of thiol groups is 1. The van der Waals surface area contributed by atoms with Crippen LogP contribution in [-0.4, -0.2) is 43.5 Å². The molecule has 0 aliphatic heterocycles. The maximum atomic E-state index is 9.76. The average Bonchev–Trinajstić information content (AvgIpc) is 2.20. The van der Waals surface area contributed by atoms with Gasteiger partial charge in [-0.3, -0.25) is 4.79 Å². The zero-order valence-corrected chi connectivity index (χ0v) is 7.50. The predicted octanol–water partition coefficient (Wildman–Crippen LogP) is -1.41. The number of carboxylic acid groups (broad SMARTS) is 1. The van der Waals surface area contributed by atoms with E-state index in [9.17, 15) is 4.79 Å². The lowest BCUT2D eigenvalue weighted by atomic mass is 10.4. The molecule has 3 N–H and O–H groups in total. The van der Waals surface area contributed by atoms with E-state index in [0.717, 1.165) is 0 Å². The molecule has 0 spiro atoms. The van der Waals surface area contributed by atoms with Crippen LogP contribution in [-0.2, 0) is 4.79 Å². The van der Waals surface area contributed by atoms with Crippen molar-refractivity contribution in [1.82, 2.24) is 20.6 Å². The van der Waals surface area contributed by atoms with Crippen molar-refractivity contribution in [3.8, 4) is 0 Å². The Balaban J connectivity index is 0.000000223. The smallest absolute Gasteiger partial charge is 0.321 e. The van der Waals surface area contributed by atoms with Gasteiger partial charge in [-0.05, 0) is 10.4 Å². The molecule has 0 saturated heterocycles. The van der Waals surface area contributed by atoms with Gasteiger partial charge in [0.1, 0.15) is 6.04 Å². The third-order valence-electron chi connectivity index (χ3n) is 0.857. The lowest BCUT2D eigenvalue weighted by Crippen LogP contribution is -2.31. The Morgan fingerprint density at radius 3 is 2.00 bits per heavy atom. The number of aromatic nitrogens is 4. The highest BCUT2D eigenvalue weighted by Gasteiger charge is 2.06. The first-order valence-corrected chi connectivity index (χ1v) is 3.86. The summed E-state index contributed by atoms with van der Waals surface area (Å²) in [5, 5.41) is 21.1. The first kappa shape index (κ1) is 11.7. The third kappa shape index (κ3) is 7.09. The summed E-state index contributed by atoms with van der Waals surface area (Å²) in [6, 6.07) is -0.816. The van der Waals surface area contributed by atoms with Gasteiger partial charge in [-0.1, -0.05) is 0 Å². The standard InChI is InChI=1S/C3H7NO2S.C2H2N4/c4-2(1-7)3(5)6;1-2-4-6-5-3-1/h2,7H,1,4H2,(H,5,6);1-2H/t2-;/m0./s1. The lowest BCUT2D eigenvalue weighted by Gasteiger charge is -1.96. The molecule has 0 amide bonds. The van der Waals surface area contributed by atoms with Crippen LogP contribution in [0.5, 0.6) is 0 Å². The van der Waals surface area contributed by atoms with Gasteiger partial charge in [0.2, 0.25) is 0 Å². The Hall–Kier alpha value is -1.28. The largest absolute Gasteiger partial charge is 0.480 e. The second kappa shape index (κ2) is 7.37. The van der Waals surface area contributed by atoms with Crippen LogP contribution in [0, 0.1) is 0 Å². The van der Waals surface area contributed by atoms with E-state index in [1.807, 2.05) is 0 Å². The first-order valence-electron chi connectivity index (χ1n) is 3.22. The normalized spacial score (nSPS) is 10.9. The molecule has 0 aliphatic rings. The molecule has 0 fully saturated rings. The van der Waals surface area contributed by atoms with Crippen molar-refractivity contribution in [2.75, 3.05) is 5.75 Å². The van der Waals surface area contributed by atoms with Crippen LogP contribution >= 0.6 is 12.6 Å². The van der Waals surface area contributed by atoms with Crippen molar-refractivity contribution in [3.63, 3.8) is 0 Å². The molecule has 13 heavy (non-hydrogen) atoms. The van der Waals surface area contributed by atoms with E-state index in [0.29, 0.717) is 0 Å². The molecule has 1 heterocycles. The van der Waals surface area contributed by atoms with Gasteiger partial charge in [-0.2, -0.15) is 12.6 Å². The second-order valence-corrected chi connectivity index (χ2v) is 2.20. The number of nitrogens with zero attached hydrogens (tertiary/aromatic N) is 4. The fraction of sp³-hybridized carbons (Fsp3) is 0.400. The molecule has 7 nitrogen and oxygen atoms in total. The molecule has 0 aliphatic carbocycles. The topological polar surface area (TPSA) is 115 Å². The number of hydrogen-bond acceptors (Lipinski definition) is 7. The Morgan fingerprint density at radius 1 is 1.46 bits per heavy atom. The van der Waals surface area contributed by atoms with E-state index >= 15 is 0 Å². The minimum absolute atomic E-state index is 0.190. The number of nitrogens with two attached hydrogens (primary N) is 1. The fourth-order valence-electron chi connectivity index (χ4n) is 0.244. The van der Waals surface area contributed by atoms with Crippen LogP contribution in [0.25, 0.3) is 0 Å². The van der Waals surface area contributed by atoms with Gasteiger partial charge in [-0.25, -0.2) is 0 Å². The Bertz CT molecular complexity index is 207. The summed E-state index contributed by atoms with van der Waals surface area (Å²) in [5.41, 5.74) is 4.94. The summed E-state index contributed by atoms with van der Waals surface area (Å²) in [6.07, 6.45) is 2.93. The van der Waals surface area contributed by atoms with Crippen LogP contribution in [0.15, 0.2) is 12.4 Å². The molecule has 72 valence electrons. The van der Waals surface area contributed by atoms with Crippen molar-refractivity contribution in [2.24, 2.45) is 5.73 Å². The molecule has 0 bridgehead atoms. The highest BCUT2D eigenvalue weighted by molar-refractivity contribution is 7.80. The Morgan fingerprint density at radius 2 is 1.92 bits per heavy atom. The fourth-order valence-corrected chi connectivity index (χ4v) is 0.400. The van der Waals surface area contributed by atoms with Crippen molar-refractivity contribution in [3.05, 3.63) is 12.4 Å². The molecule has 0 aromatic carbocycles. The highest BCUT2D eigenvalue weighted by Crippen LogP contribution is 1.80. The summed E-state index contributed by atoms with van der Waals surface area (Å²) >= 11 is 3.65. The maximum Gasteiger partial charge on any atom is 0.321 e. The molecule has 0 saturated carbocycles. The van der Waals surface area contributed by atoms with E-state index in [-0.39, 0.29) is 5.75 Å². The van der Waals surface area contributed by atoms with Gasteiger partial charge in [0, 0.05) is 5.75 Å². The monoisotopic (exact) mass is 203 g/mol. The van der Waals surface area contributed by atoms with E-state index in [2.05, 4.69) is 33.3 Å². The van der Waals surface area contributed by atoms with Crippen molar-refractivity contribution < 1.29 is 9.90 Å². The van der Waals surface area contributed by atoms with Crippen LogP contribution in [0.4, 0.5) is 0 Å². The minimum atomic E-state index is -1.00. The van der Waals surface area contributed by atoms with Gasteiger partial charge in [-0.15, -0.1) is 10.2 Å². The third-order valence-corrected chi connectivity index (χ3v) is 1.25. The second-order valence-electron chi connectivity index (χ2n) is 1.84. The van der Waals surface area contributed by atoms with Crippen molar-refractivity contribution in [2.45, 2.75) is 6.04 Å². The van der Waals surface area contributed by atoms with Gasteiger partial charge >= 0.3 is 5.97 Å². The van der Waals surface area contributed by atoms with Gasteiger partial charge < -0.3 is 10.8 Å². The summed E-state index contributed by atoms with van der Waals surface area (Å²) in [5.74, 6) is -0.815.